The first-order valence-electron chi connectivity index (χ1n) is 16.4. The largest absolute Gasteiger partial charge is 0.462 e. The minimum absolute atomic E-state index is 0.109. The molecular formula is C36H52O8. The SMILES string of the molecule is CC1=CC2C(=O)O[C@H]3C[C@@H](C/C=C(\C)C[C@@H](C)/C=C/C=C4\CO[C@H]([C@@H]1O)[C@@]42O)O[C@]1(C3)C[C@H](O)[C@H](C)C(/C(C)=C/C(C)C)O1. The summed E-state index contributed by atoms with van der Waals surface area (Å²) in [5.74, 6) is -2.31. The van der Waals surface area contributed by atoms with Crippen molar-refractivity contribution in [1.29, 1.82) is 0 Å². The van der Waals surface area contributed by atoms with E-state index in [-0.39, 0.29) is 43.5 Å². The third-order valence-corrected chi connectivity index (χ3v) is 10.1. The molecular weight excluding hydrogens is 560 g/mol. The van der Waals surface area contributed by atoms with E-state index >= 15 is 0 Å². The molecule has 5 rings (SSSR count). The van der Waals surface area contributed by atoms with Gasteiger partial charge in [0.1, 0.15) is 29.8 Å². The first-order chi connectivity index (χ1) is 20.7. The van der Waals surface area contributed by atoms with Crippen LogP contribution in [-0.4, -0.2) is 75.9 Å². The molecule has 8 nitrogen and oxygen atoms in total. The number of allylic oxidation sites excluding steroid dienone is 5. The summed E-state index contributed by atoms with van der Waals surface area (Å²) < 4.78 is 25.7. The van der Waals surface area contributed by atoms with Crippen molar-refractivity contribution in [2.75, 3.05) is 6.61 Å². The Balaban J connectivity index is 1.52. The van der Waals surface area contributed by atoms with Crippen molar-refractivity contribution in [2.45, 2.75) is 129 Å². The van der Waals surface area contributed by atoms with Crippen molar-refractivity contribution in [3.05, 3.63) is 58.7 Å². The molecule has 44 heavy (non-hydrogen) atoms. The van der Waals surface area contributed by atoms with Crippen LogP contribution >= 0.6 is 0 Å². The van der Waals surface area contributed by atoms with Crippen molar-refractivity contribution >= 4 is 5.97 Å². The van der Waals surface area contributed by atoms with Gasteiger partial charge < -0.3 is 34.3 Å². The van der Waals surface area contributed by atoms with E-state index in [4.69, 9.17) is 18.9 Å². The van der Waals surface area contributed by atoms with Crippen LogP contribution in [0.25, 0.3) is 0 Å². The van der Waals surface area contributed by atoms with Crippen LogP contribution in [0.4, 0.5) is 0 Å². The van der Waals surface area contributed by atoms with Gasteiger partial charge in [0.15, 0.2) is 5.79 Å². The Bertz CT molecular complexity index is 1240. The fourth-order valence-electron chi connectivity index (χ4n) is 7.85. The van der Waals surface area contributed by atoms with Crippen LogP contribution in [0.1, 0.15) is 80.6 Å². The summed E-state index contributed by atoms with van der Waals surface area (Å²) in [4.78, 5) is 14.0. The maximum absolute atomic E-state index is 14.0. The van der Waals surface area contributed by atoms with E-state index in [1.807, 2.05) is 26.0 Å². The quantitative estimate of drug-likeness (QED) is 0.292. The van der Waals surface area contributed by atoms with Gasteiger partial charge in [-0.1, -0.05) is 69.7 Å². The molecule has 0 aromatic carbocycles. The van der Waals surface area contributed by atoms with Crippen molar-refractivity contribution in [3.8, 4) is 0 Å². The second-order valence-electron chi connectivity index (χ2n) is 14.4. The van der Waals surface area contributed by atoms with Crippen molar-refractivity contribution < 1.29 is 39.1 Å². The van der Waals surface area contributed by atoms with E-state index in [1.54, 1.807) is 13.0 Å². The average Bonchev–Trinajstić information content (AvgIpc) is 3.27. The summed E-state index contributed by atoms with van der Waals surface area (Å²) >= 11 is 0. The number of esters is 1. The Labute approximate surface area is 262 Å². The van der Waals surface area contributed by atoms with Crippen LogP contribution in [-0.2, 0) is 23.7 Å². The molecule has 2 unspecified atom stereocenters. The van der Waals surface area contributed by atoms with Gasteiger partial charge in [-0.25, -0.2) is 0 Å². The van der Waals surface area contributed by atoms with Crippen molar-refractivity contribution in [1.82, 2.24) is 0 Å². The maximum Gasteiger partial charge on any atom is 0.316 e. The molecule has 3 fully saturated rings. The zero-order valence-corrected chi connectivity index (χ0v) is 27.4. The number of hydrogen-bond acceptors (Lipinski definition) is 8. The smallest absolute Gasteiger partial charge is 0.316 e. The third-order valence-electron chi connectivity index (χ3n) is 10.1. The summed E-state index contributed by atoms with van der Waals surface area (Å²) in [5, 5.41) is 34.3. The molecule has 244 valence electrons. The van der Waals surface area contributed by atoms with E-state index in [1.165, 1.54) is 5.57 Å². The number of carbonyl (C=O) groups is 1. The lowest BCUT2D eigenvalue weighted by Crippen LogP contribution is -2.59. The first kappa shape index (κ1) is 33.3. The highest BCUT2D eigenvalue weighted by molar-refractivity contribution is 5.78. The molecule has 4 heterocycles. The fraction of sp³-hybridized carbons (Fsp3) is 0.694. The molecule has 2 bridgehead atoms. The van der Waals surface area contributed by atoms with Gasteiger partial charge in [0.2, 0.25) is 0 Å². The highest BCUT2D eigenvalue weighted by Gasteiger charge is 2.60. The number of aliphatic hydroxyl groups excluding tert-OH is 2. The third kappa shape index (κ3) is 6.58. The van der Waals surface area contributed by atoms with Crippen LogP contribution in [0.15, 0.2) is 58.7 Å². The van der Waals surface area contributed by atoms with Crippen LogP contribution in [0.5, 0.6) is 0 Å². The van der Waals surface area contributed by atoms with Gasteiger partial charge >= 0.3 is 5.97 Å². The Morgan fingerprint density at radius 2 is 1.86 bits per heavy atom. The minimum Gasteiger partial charge on any atom is -0.462 e. The molecule has 4 aliphatic heterocycles. The number of rotatable bonds is 2. The molecule has 0 radical (unpaired) electrons. The Morgan fingerprint density at radius 3 is 2.59 bits per heavy atom. The highest BCUT2D eigenvalue weighted by atomic mass is 16.7. The Morgan fingerprint density at radius 1 is 1.11 bits per heavy atom. The zero-order valence-electron chi connectivity index (χ0n) is 27.4. The molecule has 0 aromatic heterocycles. The highest BCUT2D eigenvalue weighted by Crippen LogP contribution is 2.47. The van der Waals surface area contributed by atoms with Crippen LogP contribution < -0.4 is 0 Å². The lowest BCUT2D eigenvalue weighted by Gasteiger charge is -2.51. The number of ether oxygens (including phenoxy) is 4. The minimum atomic E-state index is -1.74. The van der Waals surface area contributed by atoms with Gasteiger partial charge in [-0.3, -0.25) is 4.79 Å². The lowest BCUT2D eigenvalue weighted by molar-refractivity contribution is -0.342. The summed E-state index contributed by atoms with van der Waals surface area (Å²) in [5.41, 5.74) is 1.64. The van der Waals surface area contributed by atoms with Gasteiger partial charge in [0.05, 0.1) is 24.9 Å². The monoisotopic (exact) mass is 612 g/mol. The average molecular weight is 613 g/mol. The normalized spacial score (nSPS) is 46.8. The van der Waals surface area contributed by atoms with Crippen LogP contribution in [0.3, 0.4) is 0 Å². The number of fused-ring (bicyclic) bond motifs is 2. The second-order valence-corrected chi connectivity index (χ2v) is 14.4. The van der Waals surface area contributed by atoms with Crippen LogP contribution in [0, 0.1) is 23.7 Å². The van der Waals surface area contributed by atoms with Gasteiger partial charge in [-0.2, -0.15) is 0 Å². The zero-order chi connectivity index (χ0) is 32.0. The molecule has 3 N–H and O–H groups in total. The maximum atomic E-state index is 14.0. The molecule has 1 spiro atoms. The number of carbonyl (C=O) groups excluding carboxylic acids is 1. The van der Waals surface area contributed by atoms with E-state index in [2.05, 4.69) is 45.9 Å². The molecule has 0 amide bonds. The van der Waals surface area contributed by atoms with Gasteiger partial charge in [-0.15, -0.1) is 0 Å². The molecule has 0 aromatic rings. The van der Waals surface area contributed by atoms with E-state index in [0.29, 0.717) is 29.9 Å². The predicted molar refractivity (Wildman–Crippen MR) is 167 cm³/mol. The standard InChI is InChI=1S/C36H52O8/c1-20(2)13-24(6)32-25(7)30(37)18-35(44-32)17-28-16-27(43-35)12-11-22(4)14-21(3)9-8-10-26-19-41-33-31(38)23(5)15-29(34(39)42-28)36(26,33)40/h8-11,13,15,20-21,25,27-33,37-38,40H,12,14,16-19H2,1-7H3/b9-8+,22-11+,24-13+,26-10+/t21-,25-,27+,28-,29?,30-,31+,32?,33+,35-,36+/m0/s1. The van der Waals surface area contributed by atoms with Crippen molar-refractivity contribution in [2.24, 2.45) is 23.7 Å². The summed E-state index contributed by atoms with van der Waals surface area (Å²) in [6, 6.07) is 0. The summed E-state index contributed by atoms with van der Waals surface area (Å²) in [7, 11) is 0. The molecule has 0 saturated carbocycles. The Kier molecular flexibility index (Phi) is 9.82. The van der Waals surface area contributed by atoms with Crippen LogP contribution in [0.2, 0.25) is 0 Å². The lowest BCUT2D eigenvalue weighted by atomic mass is 9.71. The van der Waals surface area contributed by atoms with E-state index in [9.17, 15) is 20.1 Å². The molecule has 5 aliphatic rings. The number of hydrogen-bond donors (Lipinski definition) is 3. The first-order valence-corrected chi connectivity index (χ1v) is 16.4. The topological polar surface area (TPSA) is 115 Å². The summed E-state index contributed by atoms with van der Waals surface area (Å²) in [6.45, 7) is 14.4. The van der Waals surface area contributed by atoms with E-state index in [0.717, 1.165) is 12.0 Å². The predicted octanol–water partition coefficient (Wildman–Crippen LogP) is 5.09. The van der Waals surface area contributed by atoms with Gasteiger partial charge in [-0.05, 0) is 62.2 Å². The van der Waals surface area contributed by atoms with Crippen molar-refractivity contribution in [3.63, 3.8) is 0 Å². The summed E-state index contributed by atoms with van der Waals surface area (Å²) in [6.07, 6.45) is 10.4. The number of aliphatic hydroxyl groups is 3. The molecule has 3 saturated heterocycles. The van der Waals surface area contributed by atoms with E-state index < -0.39 is 47.7 Å². The van der Waals surface area contributed by atoms with Gasteiger partial charge in [0, 0.05) is 25.2 Å². The molecule has 1 aliphatic carbocycles. The fourth-order valence-corrected chi connectivity index (χ4v) is 7.85. The van der Waals surface area contributed by atoms with Gasteiger partial charge in [0.25, 0.3) is 0 Å². The second kappa shape index (κ2) is 13.0. The molecule has 11 atom stereocenters. The molecule has 8 heteroatoms. The Hall–Kier alpha value is -2.07.